The molecule has 1 heterocycles. The van der Waals surface area contributed by atoms with Crippen molar-refractivity contribution in [1.82, 2.24) is 14.9 Å². The second kappa shape index (κ2) is 9.74. The van der Waals surface area contributed by atoms with Crippen LogP contribution in [0.15, 0.2) is 66.8 Å². The fourth-order valence-corrected chi connectivity index (χ4v) is 2.87. The summed E-state index contributed by atoms with van der Waals surface area (Å²) < 4.78 is 1.28. The first kappa shape index (κ1) is 22.0. The molecule has 0 saturated carbocycles. The zero-order valence-electron chi connectivity index (χ0n) is 14.8. The zero-order valence-corrected chi connectivity index (χ0v) is 16.8. The first-order valence-electron chi connectivity index (χ1n) is 8.12. The largest absolute Gasteiger partial charge is 2.00 e. The molecule has 1 aromatic heterocycles. The summed E-state index contributed by atoms with van der Waals surface area (Å²) in [6, 6.07) is 12.8. The van der Waals surface area contributed by atoms with Gasteiger partial charge in [-0.05, 0) is 29.1 Å². The number of non-ortho nitro benzene ring substituents is 1. The van der Waals surface area contributed by atoms with Gasteiger partial charge in [0.2, 0.25) is 4.77 Å². The van der Waals surface area contributed by atoms with E-state index in [1.807, 2.05) is 30.3 Å². The third-order valence-corrected chi connectivity index (χ3v) is 4.28. The number of nitrogen functional groups attached to an aromatic ring is 1. The molecule has 3 N–H and O–H groups in total. The summed E-state index contributed by atoms with van der Waals surface area (Å²) in [6.07, 6.45) is 7.42. The number of aromatic nitrogens is 3. The maximum Gasteiger partial charge on any atom is 2.00 e. The van der Waals surface area contributed by atoms with Crippen LogP contribution in [0.2, 0.25) is 0 Å². The Morgan fingerprint density at radius 3 is 2.34 bits per heavy atom. The van der Waals surface area contributed by atoms with E-state index in [-0.39, 0.29) is 43.8 Å². The van der Waals surface area contributed by atoms with Crippen molar-refractivity contribution in [3.05, 3.63) is 92.1 Å². The van der Waals surface area contributed by atoms with Gasteiger partial charge >= 0.3 is 17.1 Å². The molecular formula is C19H15FeN5O3S. The number of benzene rings is 1. The maximum absolute atomic E-state index is 11.7. The summed E-state index contributed by atoms with van der Waals surface area (Å²) in [5.41, 5.74) is 0.759. The molecular weight excluding hydrogens is 434 g/mol. The van der Waals surface area contributed by atoms with Gasteiger partial charge in [-0.3, -0.25) is 10.1 Å². The molecule has 4 rings (SSSR count). The fraction of sp³-hybridized carbons (Fsp3) is 0. The van der Waals surface area contributed by atoms with Gasteiger partial charge in [-0.1, -0.05) is 24.3 Å². The molecule has 0 fully saturated rings. The molecule has 3 aromatic rings. The zero-order chi connectivity index (χ0) is 20.1. The summed E-state index contributed by atoms with van der Waals surface area (Å²) >= 11 is 4.96. The fourth-order valence-electron chi connectivity index (χ4n) is 2.74. The van der Waals surface area contributed by atoms with Gasteiger partial charge in [-0.25, -0.2) is 21.9 Å². The normalized spacial score (nSPS) is 12.4. The van der Waals surface area contributed by atoms with Crippen molar-refractivity contribution in [3.8, 4) is 11.4 Å². The average Bonchev–Trinajstić information content (AvgIpc) is 3.46. The SMILES string of the molecule is Nn1c(-c2ccc([N+](=O)[O-])c(=C3C=CC=C3)c2=C[O-])n[nH]c1=S.[Fe+2].c1cc[cH-]c1. The molecule has 2 aromatic carbocycles. The molecule has 148 valence electrons. The van der Waals surface area contributed by atoms with Gasteiger partial charge in [0.15, 0.2) is 5.82 Å². The predicted octanol–water partition coefficient (Wildman–Crippen LogP) is 1.01. The second-order valence-corrected chi connectivity index (χ2v) is 6.04. The number of hydrogen-bond acceptors (Lipinski definition) is 6. The van der Waals surface area contributed by atoms with Crippen LogP contribution < -0.4 is 21.4 Å². The van der Waals surface area contributed by atoms with Crippen molar-refractivity contribution in [2.45, 2.75) is 0 Å². The smallest absolute Gasteiger partial charge is 0.877 e. The molecule has 0 spiro atoms. The Morgan fingerprint density at radius 2 is 1.90 bits per heavy atom. The number of nitrogens with zero attached hydrogens (tertiary/aromatic N) is 3. The van der Waals surface area contributed by atoms with E-state index in [0.717, 1.165) is 4.68 Å². The number of rotatable bonds is 2. The molecule has 0 radical (unpaired) electrons. The third kappa shape index (κ3) is 4.57. The van der Waals surface area contributed by atoms with Crippen LogP contribution >= 0.6 is 12.2 Å². The molecule has 1 aliphatic carbocycles. The number of aromatic amines is 1. The van der Waals surface area contributed by atoms with Gasteiger partial charge in [0.25, 0.3) is 5.69 Å². The van der Waals surface area contributed by atoms with Crippen LogP contribution in [-0.2, 0) is 17.1 Å². The van der Waals surface area contributed by atoms with E-state index in [9.17, 15) is 15.2 Å². The summed E-state index contributed by atoms with van der Waals surface area (Å²) in [7, 11) is 0. The van der Waals surface area contributed by atoms with E-state index in [1.54, 1.807) is 24.3 Å². The van der Waals surface area contributed by atoms with E-state index in [2.05, 4.69) is 10.2 Å². The molecule has 0 amide bonds. The molecule has 0 bridgehead atoms. The molecule has 0 saturated heterocycles. The quantitative estimate of drug-likeness (QED) is 0.150. The number of nitrogens with one attached hydrogen (secondary N) is 1. The van der Waals surface area contributed by atoms with Gasteiger partial charge in [0.1, 0.15) is 0 Å². The van der Waals surface area contributed by atoms with E-state index in [1.165, 1.54) is 12.1 Å². The number of nitrogens with two attached hydrogens (primary N) is 1. The van der Waals surface area contributed by atoms with Crippen LogP contribution in [-0.4, -0.2) is 19.8 Å². The Labute approximate surface area is 181 Å². The Morgan fingerprint density at radius 1 is 1.24 bits per heavy atom. The van der Waals surface area contributed by atoms with Gasteiger partial charge in [0, 0.05) is 11.6 Å². The van der Waals surface area contributed by atoms with Gasteiger partial charge in [0.05, 0.1) is 10.1 Å². The Balaban J connectivity index is 0.000000437. The second-order valence-electron chi connectivity index (χ2n) is 5.65. The van der Waals surface area contributed by atoms with Crippen LogP contribution in [0.1, 0.15) is 0 Å². The summed E-state index contributed by atoms with van der Waals surface area (Å²) in [4.78, 5) is 10.8. The number of nitro groups is 1. The molecule has 10 heteroatoms. The minimum absolute atomic E-state index is 0. The first-order valence-corrected chi connectivity index (χ1v) is 8.53. The number of allylic oxidation sites excluding steroid dienone is 4. The molecule has 0 atom stereocenters. The van der Waals surface area contributed by atoms with Crippen LogP contribution in [0.5, 0.6) is 0 Å². The van der Waals surface area contributed by atoms with E-state index in [4.69, 9.17) is 18.1 Å². The van der Waals surface area contributed by atoms with Crippen LogP contribution in [0.3, 0.4) is 0 Å². The van der Waals surface area contributed by atoms with Gasteiger partial charge in [-0.15, -0.1) is 6.26 Å². The Kier molecular flexibility index (Phi) is 7.38. The molecule has 0 unspecified atom stereocenters. The minimum Gasteiger partial charge on any atom is -0.877 e. The predicted molar refractivity (Wildman–Crippen MR) is 107 cm³/mol. The van der Waals surface area contributed by atoms with Crippen molar-refractivity contribution in [1.29, 1.82) is 0 Å². The average molecular weight is 449 g/mol. The number of nitro benzene ring substituents is 1. The van der Waals surface area contributed by atoms with Crippen LogP contribution in [0, 0.1) is 14.9 Å². The van der Waals surface area contributed by atoms with E-state index >= 15 is 0 Å². The third-order valence-electron chi connectivity index (χ3n) is 3.99. The van der Waals surface area contributed by atoms with E-state index < -0.39 is 4.92 Å². The molecule has 29 heavy (non-hydrogen) atoms. The van der Waals surface area contributed by atoms with Crippen molar-refractivity contribution in [2.75, 3.05) is 5.84 Å². The van der Waals surface area contributed by atoms with Crippen molar-refractivity contribution in [2.24, 2.45) is 0 Å². The van der Waals surface area contributed by atoms with Crippen LogP contribution in [0.25, 0.3) is 23.2 Å². The Hall–Kier alpha value is -3.33. The monoisotopic (exact) mass is 449 g/mol. The molecule has 0 aliphatic heterocycles. The van der Waals surface area contributed by atoms with Crippen molar-refractivity contribution < 1.29 is 27.1 Å². The first-order chi connectivity index (χ1) is 13.5. The van der Waals surface area contributed by atoms with Crippen molar-refractivity contribution in [3.63, 3.8) is 0 Å². The molecule has 1 aliphatic rings. The number of hydrogen-bond donors (Lipinski definition) is 2. The van der Waals surface area contributed by atoms with Gasteiger partial charge < -0.3 is 10.9 Å². The van der Waals surface area contributed by atoms with Gasteiger partial charge in [-0.2, -0.15) is 23.3 Å². The van der Waals surface area contributed by atoms with E-state index in [0.29, 0.717) is 17.4 Å². The topological polar surface area (TPSA) is 126 Å². The summed E-state index contributed by atoms with van der Waals surface area (Å²) in [6.45, 7) is 0. The standard InChI is InChI=1S/C14H11N5O3S.C5H5.Fe/c15-18-13(16-17-14(18)23)9-5-6-11(19(21)22)12(10(9)7-20)8-3-1-2-4-8;1-2-4-5-3-1;/h1-7,20H,15H2,(H,17,23);1-5H;/q;-1;+2/p-1. The summed E-state index contributed by atoms with van der Waals surface area (Å²) in [5, 5.41) is 29.9. The Bertz CT molecular complexity index is 1210. The van der Waals surface area contributed by atoms with Crippen LogP contribution in [0.4, 0.5) is 5.69 Å². The van der Waals surface area contributed by atoms with Crippen molar-refractivity contribution >= 4 is 29.7 Å². The maximum atomic E-state index is 11.7. The minimum atomic E-state index is -0.529. The summed E-state index contributed by atoms with van der Waals surface area (Å²) in [5.74, 6) is 6.02. The molecule has 8 nitrogen and oxygen atoms in total. The number of H-pyrrole nitrogens is 1.